The SMILES string of the molecule is CC(CC(=O)NC1CC1C1CCCCC1)C1CCCNC1. The molecule has 1 aliphatic heterocycles. The smallest absolute Gasteiger partial charge is 0.220 e. The molecule has 0 aromatic carbocycles. The number of nitrogens with one attached hydrogen (secondary N) is 2. The molecular formula is C18H32N2O. The van der Waals surface area contributed by atoms with Gasteiger partial charge in [-0.25, -0.2) is 0 Å². The molecule has 3 fully saturated rings. The minimum Gasteiger partial charge on any atom is -0.353 e. The maximum absolute atomic E-state index is 12.2. The second-order valence-electron chi connectivity index (χ2n) is 7.76. The summed E-state index contributed by atoms with van der Waals surface area (Å²) in [6.45, 7) is 4.51. The lowest BCUT2D eigenvalue weighted by atomic mass is 9.85. The largest absolute Gasteiger partial charge is 0.353 e. The molecule has 1 saturated heterocycles. The van der Waals surface area contributed by atoms with Crippen LogP contribution in [0.3, 0.4) is 0 Å². The lowest BCUT2D eigenvalue weighted by Gasteiger charge is -2.28. The van der Waals surface area contributed by atoms with Gasteiger partial charge in [0.05, 0.1) is 0 Å². The lowest BCUT2D eigenvalue weighted by molar-refractivity contribution is -0.122. The van der Waals surface area contributed by atoms with Gasteiger partial charge < -0.3 is 10.6 Å². The van der Waals surface area contributed by atoms with E-state index in [-0.39, 0.29) is 0 Å². The van der Waals surface area contributed by atoms with Crippen LogP contribution in [0, 0.1) is 23.7 Å². The quantitative estimate of drug-likeness (QED) is 0.817. The predicted molar refractivity (Wildman–Crippen MR) is 86.0 cm³/mol. The summed E-state index contributed by atoms with van der Waals surface area (Å²) in [6.07, 6.45) is 11.6. The number of carbonyl (C=O) groups is 1. The van der Waals surface area contributed by atoms with Crippen molar-refractivity contribution >= 4 is 5.91 Å². The van der Waals surface area contributed by atoms with Crippen LogP contribution in [-0.2, 0) is 4.79 Å². The lowest BCUT2D eigenvalue weighted by Crippen LogP contribution is -2.36. The van der Waals surface area contributed by atoms with Gasteiger partial charge in [-0.3, -0.25) is 4.79 Å². The standard InChI is InChI=1S/C18H32N2O/c1-13(15-8-5-9-19-12-15)10-18(21)20-17-11-16(17)14-6-3-2-4-7-14/h13-17,19H,2-12H2,1H3,(H,20,21). The first-order valence-electron chi connectivity index (χ1n) is 9.24. The molecule has 21 heavy (non-hydrogen) atoms. The molecule has 2 N–H and O–H groups in total. The Morgan fingerprint density at radius 2 is 2.00 bits per heavy atom. The highest BCUT2D eigenvalue weighted by Gasteiger charge is 2.43. The van der Waals surface area contributed by atoms with Gasteiger partial charge in [-0.2, -0.15) is 0 Å². The molecule has 3 aliphatic rings. The van der Waals surface area contributed by atoms with E-state index in [0.29, 0.717) is 23.8 Å². The number of carbonyl (C=O) groups excluding carboxylic acids is 1. The first-order valence-corrected chi connectivity index (χ1v) is 9.24. The minimum atomic E-state index is 0.302. The van der Waals surface area contributed by atoms with Gasteiger partial charge in [0, 0.05) is 12.5 Å². The Hall–Kier alpha value is -0.570. The van der Waals surface area contributed by atoms with Crippen molar-refractivity contribution in [3.05, 3.63) is 0 Å². The van der Waals surface area contributed by atoms with Crippen LogP contribution in [-0.4, -0.2) is 25.0 Å². The Bertz CT molecular complexity index is 345. The van der Waals surface area contributed by atoms with E-state index in [1.54, 1.807) is 0 Å². The zero-order chi connectivity index (χ0) is 14.7. The van der Waals surface area contributed by atoms with Crippen LogP contribution >= 0.6 is 0 Å². The van der Waals surface area contributed by atoms with E-state index >= 15 is 0 Å². The molecule has 0 radical (unpaired) electrons. The summed E-state index contributed by atoms with van der Waals surface area (Å²) in [7, 11) is 0. The second-order valence-corrected chi connectivity index (χ2v) is 7.76. The van der Waals surface area contributed by atoms with Crippen LogP contribution in [0.25, 0.3) is 0 Å². The normalized spacial score (nSPS) is 35.2. The van der Waals surface area contributed by atoms with Crippen molar-refractivity contribution in [2.45, 2.75) is 70.8 Å². The van der Waals surface area contributed by atoms with Gasteiger partial charge in [0.25, 0.3) is 0 Å². The second kappa shape index (κ2) is 7.13. The fourth-order valence-corrected chi connectivity index (χ4v) is 4.55. The van der Waals surface area contributed by atoms with Crippen LogP contribution in [0.15, 0.2) is 0 Å². The zero-order valence-electron chi connectivity index (χ0n) is 13.6. The first-order chi connectivity index (χ1) is 10.2. The Morgan fingerprint density at radius 3 is 2.71 bits per heavy atom. The van der Waals surface area contributed by atoms with E-state index in [1.165, 1.54) is 51.4 Å². The number of hydrogen-bond acceptors (Lipinski definition) is 2. The predicted octanol–water partition coefficient (Wildman–Crippen LogP) is 3.10. The third-order valence-electron chi connectivity index (χ3n) is 6.09. The van der Waals surface area contributed by atoms with Crippen molar-refractivity contribution in [1.82, 2.24) is 10.6 Å². The molecule has 3 rings (SSSR count). The molecule has 0 spiro atoms. The Kier molecular flexibility index (Phi) is 5.20. The Labute approximate surface area is 129 Å². The molecule has 3 heteroatoms. The average Bonchev–Trinajstić information content (AvgIpc) is 3.28. The van der Waals surface area contributed by atoms with E-state index in [9.17, 15) is 4.79 Å². The highest BCUT2D eigenvalue weighted by Crippen LogP contribution is 2.44. The number of amides is 1. The monoisotopic (exact) mass is 292 g/mol. The van der Waals surface area contributed by atoms with Crippen molar-refractivity contribution < 1.29 is 4.79 Å². The van der Waals surface area contributed by atoms with Crippen molar-refractivity contribution in [2.24, 2.45) is 23.7 Å². The van der Waals surface area contributed by atoms with Gasteiger partial charge in [-0.15, -0.1) is 0 Å². The van der Waals surface area contributed by atoms with Gasteiger partial charge in [0.2, 0.25) is 5.91 Å². The van der Waals surface area contributed by atoms with Crippen molar-refractivity contribution in [3.8, 4) is 0 Å². The zero-order valence-corrected chi connectivity index (χ0v) is 13.6. The summed E-state index contributed by atoms with van der Waals surface area (Å²) in [4.78, 5) is 12.2. The van der Waals surface area contributed by atoms with Crippen LogP contribution in [0.5, 0.6) is 0 Å². The van der Waals surface area contributed by atoms with Crippen LogP contribution in [0.2, 0.25) is 0 Å². The molecule has 0 aromatic heterocycles. The third kappa shape index (κ3) is 4.21. The van der Waals surface area contributed by atoms with Gasteiger partial charge in [-0.05, 0) is 56.0 Å². The van der Waals surface area contributed by atoms with Gasteiger partial charge in [0.15, 0.2) is 0 Å². The summed E-state index contributed by atoms with van der Waals surface area (Å²) in [5.74, 6) is 3.23. The summed E-state index contributed by atoms with van der Waals surface area (Å²) in [5.41, 5.74) is 0. The molecule has 0 aromatic rings. The maximum atomic E-state index is 12.2. The average molecular weight is 292 g/mol. The highest BCUT2D eigenvalue weighted by molar-refractivity contribution is 5.76. The van der Waals surface area contributed by atoms with Gasteiger partial charge in [-0.1, -0.05) is 39.0 Å². The van der Waals surface area contributed by atoms with E-state index in [2.05, 4.69) is 17.6 Å². The number of piperidine rings is 1. The molecule has 3 nitrogen and oxygen atoms in total. The van der Waals surface area contributed by atoms with E-state index < -0.39 is 0 Å². The number of rotatable bonds is 5. The highest BCUT2D eigenvalue weighted by atomic mass is 16.1. The topological polar surface area (TPSA) is 41.1 Å². The summed E-state index contributed by atoms with van der Waals surface area (Å²) in [5, 5.41) is 6.77. The molecule has 0 bridgehead atoms. The molecule has 1 amide bonds. The molecule has 1 heterocycles. The summed E-state index contributed by atoms with van der Waals surface area (Å²) < 4.78 is 0. The van der Waals surface area contributed by atoms with Crippen LogP contribution in [0.4, 0.5) is 0 Å². The van der Waals surface area contributed by atoms with Crippen molar-refractivity contribution in [2.75, 3.05) is 13.1 Å². The maximum Gasteiger partial charge on any atom is 0.220 e. The van der Waals surface area contributed by atoms with E-state index in [0.717, 1.165) is 31.3 Å². The van der Waals surface area contributed by atoms with E-state index in [4.69, 9.17) is 0 Å². The fourth-order valence-electron chi connectivity index (χ4n) is 4.55. The van der Waals surface area contributed by atoms with Crippen molar-refractivity contribution in [3.63, 3.8) is 0 Å². The molecule has 2 saturated carbocycles. The van der Waals surface area contributed by atoms with E-state index in [1.807, 2.05) is 0 Å². The molecule has 4 atom stereocenters. The van der Waals surface area contributed by atoms with Gasteiger partial charge in [0.1, 0.15) is 0 Å². The van der Waals surface area contributed by atoms with Crippen molar-refractivity contribution in [1.29, 1.82) is 0 Å². The summed E-state index contributed by atoms with van der Waals surface area (Å²) >= 11 is 0. The Morgan fingerprint density at radius 1 is 1.19 bits per heavy atom. The Balaban J connectivity index is 1.36. The minimum absolute atomic E-state index is 0.302. The molecule has 2 aliphatic carbocycles. The summed E-state index contributed by atoms with van der Waals surface area (Å²) in [6, 6.07) is 0.511. The molecular weight excluding hydrogens is 260 g/mol. The number of hydrogen-bond donors (Lipinski definition) is 2. The fraction of sp³-hybridized carbons (Fsp3) is 0.944. The van der Waals surface area contributed by atoms with Crippen LogP contribution in [0.1, 0.15) is 64.7 Å². The first kappa shape index (κ1) is 15.3. The third-order valence-corrected chi connectivity index (χ3v) is 6.09. The van der Waals surface area contributed by atoms with Gasteiger partial charge >= 0.3 is 0 Å². The van der Waals surface area contributed by atoms with Crippen LogP contribution < -0.4 is 10.6 Å². The molecule has 4 unspecified atom stereocenters. The molecule has 120 valence electrons.